The van der Waals surface area contributed by atoms with Crippen molar-refractivity contribution in [3.8, 4) is 0 Å². The summed E-state index contributed by atoms with van der Waals surface area (Å²) in [6.07, 6.45) is 5.83. The molecule has 9 heteroatoms. The first-order valence-corrected chi connectivity index (χ1v) is 10.8. The second-order valence-corrected chi connectivity index (χ2v) is 8.99. The summed E-state index contributed by atoms with van der Waals surface area (Å²) in [5.41, 5.74) is 2.76. The fraction of sp³-hybridized carbons (Fsp3) is 0.632. The van der Waals surface area contributed by atoms with E-state index < -0.39 is 0 Å². The number of piperidine rings is 1. The van der Waals surface area contributed by atoms with Crippen LogP contribution in [0.25, 0.3) is 0 Å². The van der Waals surface area contributed by atoms with Crippen LogP contribution in [0.5, 0.6) is 0 Å². The molecule has 1 aliphatic heterocycles. The molecule has 2 amide bonds. The molecule has 0 radical (unpaired) electrons. The maximum absolute atomic E-state index is 12.5. The van der Waals surface area contributed by atoms with Gasteiger partial charge in [0.1, 0.15) is 5.69 Å². The van der Waals surface area contributed by atoms with Gasteiger partial charge in [-0.3, -0.25) is 9.59 Å². The van der Waals surface area contributed by atoms with Crippen molar-refractivity contribution in [3.63, 3.8) is 0 Å². The highest BCUT2D eigenvalue weighted by Crippen LogP contribution is 2.56. The minimum Gasteiger partial charge on any atom is -0.350 e. The van der Waals surface area contributed by atoms with Crippen molar-refractivity contribution < 1.29 is 9.59 Å². The summed E-state index contributed by atoms with van der Waals surface area (Å²) in [7, 11) is 0. The molecule has 4 rings (SSSR count). The van der Waals surface area contributed by atoms with Gasteiger partial charge in [-0.2, -0.15) is 0 Å². The number of nitrogens with one attached hydrogen (secondary N) is 1. The van der Waals surface area contributed by atoms with Crippen molar-refractivity contribution in [3.05, 3.63) is 28.5 Å². The van der Waals surface area contributed by atoms with Gasteiger partial charge in [0.05, 0.1) is 17.7 Å². The lowest BCUT2D eigenvalue weighted by Gasteiger charge is -2.53. The number of likely N-dealkylation sites (tertiary alicyclic amines) is 1. The Labute approximate surface area is 168 Å². The molecule has 2 aliphatic rings. The number of rotatable bonds is 5. The maximum atomic E-state index is 12.5. The van der Waals surface area contributed by atoms with Crippen LogP contribution in [0.3, 0.4) is 0 Å². The third kappa shape index (κ3) is 3.55. The van der Waals surface area contributed by atoms with Crippen molar-refractivity contribution >= 4 is 23.2 Å². The van der Waals surface area contributed by atoms with Crippen LogP contribution in [0, 0.1) is 11.3 Å². The summed E-state index contributed by atoms with van der Waals surface area (Å²) in [5.74, 6) is 0.250. The monoisotopic (exact) mass is 402 g/mol. The van der Waals surface area contributed by atoms with Gasteiger partial charge in [0.2, 0.25) is 0 Å². The molecular formula is C19H26N6O2S. The Hall–Kier alpha value is -2.29. The normalized spacial score (nSPS) is 21.0. The summed E-state index contributed by atoms with van der Waals surface area (Å²) >= 11 is 1.44. The van der Waals surface area contributed by atoms with Gasteiger partial charge in [-0.1, -0.05) is 19.1 Å². The number of aromatic nitrogens is 4. The first kappa shape index (κ1) is 19.0. The van der Waals surface area contributed by atoms with Crippen LogP contribution in [0.1, 0.15) is 66.5 Å². The SMILES string of the molecule is CC(C)CNC(=O)c1cn(C2CCC23CCN(C(=O)c2cscn2)CC3)nn1. The highest BCUT2D eigenvalue weighted by atomic mass is 32.1. The van der Waals surface area contributed by atoms with Crippen molar-refractivity contribution in [2.75, 3.05) is 19.6 Å². The Balaban J connectivity index is 1.38. The molecule has 1 unspecified atom stereocenters. The van der Waals surface area contributed by atoms with Crippen molar-refractivity contribution in [1.29, 1.82) is 0 Å². The minimum absolute atomic E-state index is 0.0249. The van der Waals surface area contributed by atoms with E-state index in [2.05, 4.69) is 34.5 Å². The van der Waals surface area contributed by atoms with E-state index in [1.807, 2.05) is 9.58 Å². The summed E-state index contributed by atoms with van der Waals surface area (Å²) in [6.45, 7) is 6.22. The lowest BCUT2D eigenvalue weighted by Crippen LogP contribution is -2.51. The van der Waals surface area contributed by atoms with Crippen LogP contribution in [-0.4, -0.2) is 56.3 Å². The van der Waals surface area contributed by atoms with E-state index in [9.17, 15) is 9.59 Å². The largest absolute Gasteiger partial charge is 0.350 e. The Bertz CT molecular complexity index is 838. The number of nitrogens with zero attached hydrogens (tertiary/aromatic N) is 5. The van der Waals surface area contributed by atoms with Gasteiger partial charge in [0, 0.05) is 25.0 Å². The van der Waals surface area contributed by atoms with E-state index in [0.717, 1.165) is 38.8 Å². The Morgan fingerprint density at radius 3 is 2.68 bits per heavy atom. The number of hydrogen-bond acceptors (Lipinski definition) is 6. The van der Waals surface area contributed by atoms with Crippen molar-refractivity contribution in [2.24, 2.45) is 11.3 Å². The Morgan fingerprint density at radius 2 is 2.07 bits per heavy atom. The zero-order valence-corrected chi connectivity index (χ0v) is 17.1. The molecule has 1 spiro atoms. The quantitative estimate of drug-likeness (QED) is 0.829. The van der Waals surface area contributed by atoms with Crippen LogP contribution in [-0.2, 0) is 0 Å². The van der Waals surface area contributed by atoms with Gasteiger partial charge < -0.3 is 10.2 Å². The van der Waals surface area contributed by atoms with E-state index in [1.54, 1.807) is 17.1 Å². The Kier molecular flexibility index (Phi) is 5.18. The standard InChI is InChI=1S/C19H26N6O2S/c1-13(2)9-20-17(26)14-10-25(23-22-14)16-3-4-19(16)5-7-24(8-6-19)18(27)15-11-28-12-21-15/h10-13,16H,3-9H2,1-2H3,(H,20,26). The number of hydrogen-bond donors (Lipinski definition) is 1. The zero-order valence-electron chi connectivity index (χ0n) is 16.3. The third-order valence-corrected chi connectivity index (χ3v) is 6.64. The van der Waals surface area contributed by atoms with Crippen molar-refractivity contribution in [2.45, 2.75) is 45.6 Å². The lowest BCUT2D eigenvalue weighted by atomic mass is 9.59. The van der Waals surface area contributed by atoms with Gasteiger partial charge in [0.25, 0.3) is 11.8 Å². The number of carbonyl (C=O) groups excluding carboxylic acids is 2. The molecule has 0 bridgehead atoms. The predicted molar refractivity (Wildman–Crippen MR) is 105 cm³/mol. The highest BCUT2D eigenvalue weighted by Gasteiger charge is 2.50. The fourth-order valence-electron chi connectivity index (χ4n) is 4.23. The fourth-order valence-corrected chi connectivity index (χ4v) is 4.76. The van der Waals surface area contributed by atoms with E-state index in [1.165, 1.54) is 11.3 Å². The summed E-state index contributed by atoms with van der Waals surface area (Å²) < 4.78 is 1.87. The molecule has 2 aromatic heterocycles. The van der Waals surface area contributed by atoms with Gasteiger partial charge in [-0.15, -0.1) is 16.4 Å². The van der Waals surface area contributed by atoms with Crippen LogP contribution in [0.15, 0.2) is 17.1 Å². The molecule has 1 saturated carbocycles. The molecule has 1 N–H and O–H groups in total. The first-order chi connectivity index (χ1) is 13.5. The molecular weight excluding hydrogens is 376 g/mol. The first-order valence-electron chi connectivity index (χ1n) is 9.86. The van der Waals surface area contributed by atoms with Gasteiger partial charge in [-0.25, -0.2) is 9.67 Å². The molecule has 2 fully saturated rings. The molecule has 8 nitrogen and oxygen atoms in total. The van der Waals surface area contributed by atoms with E-state index in [0.29, 0.717) is 23.9 Å². The molecule has 3 heterocycles. The Morgan fingerprint density at radius 1 is 1.29 bits per heavy atom. The topological polar surface area (TPSA) is 93.0 Å². The van der Waals surface area contributed by atoms with Crippen LogP contribution in [0.4, 0.5) is 0 Å². The molecule has 2 aromatic rings. The van der Waals surface area contributed by atoms with Crippen LogP contribution >= 0.6 is 11.3 Å². The van der Waals surface area contributed by atoms with Crippen LogP contribution < -0.4 is 5.32 Å². The summed E-state index contributed by atoms with van der Waals surface area (Å²) in [5, 5.41) is 13.0. The average molecular weight is 403 g/mol. The van der Waals surface area contributed by atoms with Crippen LogP contribution in [0.2, 0.25) is 0 Å². The van der Waals surface area contributed by atoms with E-state index in [-0.39, 0.29) is 23.3 Å². The molecule has 150 valence electrons. The zero-order chi connectivity index (χ0) is 19.7. The molecule has 1 saturated heterocycles. The molecule has 28 heavy (non-hydrogen) atoms. The molecule has 1 aliphatic carbocycles. The minimum atomic E-state index is -0.169. The summed E-state index contributed by atoms with van der Waals surface area (Å²) in [6, 6.07) is 0.253. The molecule has 0 aromatic carbocycles. The number of amides is 2. The highest BCUT2D eigenvalue weighted by molar-refractivity contribution is 7.07. The van der Waals surface area contributed by atoms with E-state index in [4.69, 9.17) is 0 Å². The van der Waals surface area contributed by atoms with Gasteiger partial charge in [-0.05, 0) is 37.0 Å². The predicted octanol–water partition coefficient (Wildman–Crippen LogP) is 2.38. The number of carbonyl (C=O) groups is 2. The summed E-state index contributed by atoms with van der Waals surface area (Å²) in [4.78, 5) is 30.8. The van der Waals surface area contributed by atoms with Gasteiger partial charge >= 0.3 is 0 Å². The maximum Gasteiger partial charge on any atom is 0.273 e. The average Bonchev–Trinajstić information content (AvgIpc) is 3.37. The smallest absolute Gasteiger partial charge is 0.273 e. The third-order valence-electron chi connectivity index (χ3n) is 6.05. The second-order valence-electron chi connectivity index (χ2n) is 8.27. The van der Waals surface area contributed by atoms with Crippen molar-refractivity contribution in [1.82, 2.24) is 30.2 Å². The number of thiazole rings is 1. The van der Waals surface area contributed by atoms with Gasteiger partial charge in [0.15, 0.2) is 5.69 Å². The van der Waals surface area contributed by atoms with E-state index >= 15 is 0 Å². The lowest BCUT2D eigenvalue weighted by molar-refractivity contribution is -0.0269. The molecule has 1 atom stereocenters. The second kappa shape index (κ2) is 7.62.